The summed E-state index contributed by atoms with van der Waals surface area (Å²) in [6.07, 6.45) is 7.30. The molecule has 0 amide bonds. The molecule has 0 aromatic carbocycles. The Balaban J connectivity index is 2.19. The average molecular weight is 226 g/mol. The molecule has 1 N–H and O–H groups in total. The SMILES string of the molecule is C[C@@H](CO/C=C/C=C1CCOCC1)C(=O)O. The lowest BCUT2D eigenvalue weighted by molar-refractivity contribution is -0.142. The van der Waals surface area contributed by atoms with Crippen molar-refractivity contribution < 1.29 is 19.4 Å². The summed E-state index contributed by atoms with van der Waals surface area (Å²) in [5, 5.41) is 8.61. The first-order valence-corrected chi connectivity index (χ1v) is 5.47. The van der Waals surface area contributed by atoms with E-state index in [-0.39, 0.29) is 6.61 Å². The minimum absolute atomic E-state index is 0.206. The van der Waals surface area contributed by atoms with Crippen LogP contribution in [0, 0.1) is 5.92 Å². The molecule has 0 aromatic heterocycles. The van der Waals surface area contributed by atoms with Gasteiger partial charge in [0.15, 0.2) is 0 Å². The van der Waals surface area contributed by atoms with Crippen LogP contribution in [-0.4, -0.2) is 30.9 Å². The fourth-order valence-corrected chi connectivity index (χ4v) is 1.30. The molecular formula is C12H18O4. The molecule has 0 saturated carbocycles. The molecule has 0 radical (unpaired) electrons. The molecule has 1 saturated heterocycles. The summed E-state index contributed by atoms with van der Waals surface area (Å²) in [7, 11) is 0. The molecule has 1 rings (SSSR count). The largest absolute Gasteiger partial charge is 0.500 e. The first-order chi connectivity index (χ1) is 7.70. The number of hydrogen-bond acceptors (Lipinski definition) is 3. The van der Waals surface area contributed by atoms with E-state index in [2.05, 4.69) is 0 Å². The Kier molecular flexibility index (Phi) is 5.64. The van der Waals surface area contributed by atoms with Gasteiger partial charge in [0.2, 0.25) is 0 Å². The van der Waals surface area contributed by atoms with Gasteiger partial charge < -0.3 is 14.6 Å². The van der Waals surface area contributed by atoms with Gasteiger partial charge in [-0.2, -0.15) is 0 Å². The van der Waals surface area contributed by atoms with Gasteiger partial charge in [-0.3, -0.25) is 4.79 Å². The van der Waals surface area contributed by atoms with Crippen LogP contribution in [0.15, 0.2) is 24.0 Å². The van der Waals surface area contributed by atoms with E-state index in [1.165, 1.54) is 5.57 Å². The second kappa shape index (κ2) is 7.06. The summed E-state index contributed by atoms with van der Waals surface area (Å²) in [5.74, 6) is -1.31. The van der Waals surface area contributed by atoms with Crippen molar-refractivity contribution in [2.75, 3.05) is 19.8 Å². The van der Waals surface area contributed by atoms with Crippen LogP contribution in [-0.2, 0) is 14.3 Å². The Morgan fingerprint density at radius 1 is 1.56 bits per heavy atom. The molecule has 0 spiro atoms. The number of carboxylic acid groups (broad SMARTS) is 1. The molecule has 0 unspecified atom stereocenters. The van der Waals surface area contributed by atoms with E-state index in [4.69, 9.17) is 14.6 Å². The van der Waals surface area contributed by atoms with Gasteiger partial charge >= 0.3 is 5.97 Å². The van der Waals surface area contributed by atoms with Gasteiger partial charge in [-0.1, -0.05) is 11.6 Å². The molecule has 4 heteroatoms. The van der Waals surface area contributed by atoms with Crippen LogP contribution in [0.5, 0.6) is 0 Å². The molecule has 1 aliphatic rings. The number of carboxylic acids is 1. The van der Waals surface area contributed by atoms with Gasteiger partial charge in [-0.15, -0.1) is 0 Å². The van der Waals surface area contributed by atoms with Gasteiger partial charge in [0.1, 0.15) is 6.61 Å². The van der Waals surface area contributed by atoms with Crippen molar-refractivity contribution in [1.82, 2.24) is 0 Å². The number of hydrogen-bond donors (Lipinski definition) is 1. The summed E-state index contributed by atoms with van der Waals surface area (Å²) in [5.41, 5.74) is 1.34. The maximum atomic E-state index is 10.5. The maximum absolute atomic E-state index is 10.5. The van der Waals surface area contributed by atoms with Gasteiger partial charge in [0.05, 0.1) is 25.4 Å². The topological polar surface area (TPSA) is 55.8 Å². The second-order valence-electron chi connectivity index (χ2n) is 3.84. The van der Waals surface area contributed by atoms with Crippen LogP contribution in [0.25, 0.3) is 0 Å². The lowest BCUT2D eigenvalue weighted by Crippen LogP contribution is -2.14. The minimum Gasteiger partial charge on any atom is -0.500 e. The highest BCUT2D eigenvalue weighted by Gasteiger charge is 2.09. The van der Waals surface area contributed by atoms with E-state index in [1.807, 2.05) is 12.2 Å². The van der Waals surface area contributed by atoms with Gasteiger partial charge in [-0.25, -0.2) is 0 Å². The molecule has 1 aliphatic heterocycles. The van der Waals surface area contributed by atoms with E-state index >= 15 is 0 Å². The number of rotatable bonds is 5. The predicted molar refractivity (Wildman–Crippen MR) is 60.0 cm³/mol. The zero-order valence-electron chi connectivity index (χ0n) is 9.52. The first-order valence-electron chi connectivity index (χ1n) is 5.47. The van der Waals surface area contributed by atoms with Crippen LogP contribution < -0.4 is 0 Å². The average Bonchev–Trinajstić information content (AvgIpc) is 2.29. The molecule has 1 atom stereocenters. The normalized spacial score (nSPS) is 18.4. The van der Waals surface area contributed by atoms with Crippen molar-refractivity contribution in [3.05, 3.63) is 24.0 Å². The van der Waals surface area contributed by atoms with E-state index in [0.717, 1.165) is 26.1 Å². The molecule has 1 heterocycles. The van der Waals surface area contributed by atoms with Crippen molar-refractivity contribution in [3.8, 4) is 0 Å². The molecule has 0 aliphatic carbocycles. The van der Waals surface area contributed by atoms with Crippen LogP contribution in [0.3, 0.4) is 0 Å². The monoisotopic (exact) mass is 226 g/mol. The zero-order valence-corrected chi connectivity index (χ0v) is 9.52. The third-order valence-corrected chi connectivity index (χ3v) is 2.41. The smallest absolute Gasteiger partial charge is 0.309 e. The Morgan fingerprint density at radius 2 is 2.25 bits per heavy atom. The molecule has 90 valence electrons. The standard InChI is InChI=1S/C12H18O4/c1-10(12(13)14)9-16-6-2-3-11-4-7-15-8-5-11/h2-3,6,10H,4-5,7-9H2,1H3,(H,13,14)/b6-2+/t10-/m0/s1. The van der Waals surface area contributed by atoms with Crippen molar-refractivity contribution in [2.45, 2.75) is 19.8 Å². The second-order valence-corrected chi connectivity index (χ2v) is 3.84. The fraction of sp³-hybridized carbons (Fsp3) is 0.583. The summed E-state index contributed by atoms with van der Waals surface area (Å²) in [6.45, 7) is 3.40. The Bertz CT molecular complexity index is 273. The summed E-state index contributed by atoms with van der Waals surface area (Å²) >= 11 is 0. The van der Waals surface area contributed by atoms with E-state index in [1.54, 1.807) is 13.2 Å². The molecule has 0 bridgehead atoms. The van der Waals surface area contributed by atoms with Crippen LogP contribution in [0.1, 0.15) is 19.8 Å². The number of carbonyl (C=O) groups is 1. The van der Waals surface area contributed by atoms with E-state index in [0.29, 0.717) is 0 Å². The Labute approximate surface area is 95.6 Å². The molecule has 16 heavy (non-hydrogen) atoms. The quantitative estimate of drug-likeness (QED) is 0.728. The number of allylic oxidation sites excluding steroid dienone is 2. The van der Waals surface area contributed by atoms with Crippen molar-refractivity contribution in [1.29, 1.82) is 0 Å². The summed E-state index contributed by atoms with van der Waals surface area (Å²) < 4.78 is 10.3. The van der Waals surface area contributed by atoms with E-state index < -0.39 is 11.9 Å². The van der Waals surface area contributed by atoms with Crippen LogP contribution in [0.2, 0.25) is 0 Å². The summed E-state index contributed by atoms with van der Waals surface area (Å²) in [6, 6.07) is 0. The molecule has 4 nitrogen and oxygen atoms in total. The van der Waals surface area contributed by atoms with E-state index in [9.17, 15) is 4.79 Å². The lowest BCUT2D eigenvalue weighted by atomic mass is 10.1. The maximum Gasteiger partial charge on any atom is 0.309 e. The third-order valence-electron chi connectivity index (χ3n) is 2.41. The lowest BCUT2D eigenvalue weighted by Gasteiger charge is -2.13. The fourth-order valence-electron chi connectivity index (χ4n) is 1.30. The van der Waals surface area contributed by atoms with Gasteiger partial charge in [-0.05, 0) is 25.8 Å². The highest BCUT2D eigenvalue weighted by Crippen LogP contribution is 2.12. The number of ether oxygens (including phenoxy) is 2. The number of aliphatic carboxylic acids is 1. The van der Waals surface area contributed by atoms with Crippen molar-refractivity contribution in [3.63, 3.8) is 0 Å². The highest BCUT2D eigenvalue weighted by atomic mass is 16.5. The highest BCUT2D eigenvalue weighted by molar-refractivity contribution is 5.69. The Morgan fingerprint density at radius 3 is 2.88 bits per heavy atom. The van der Waals surface area contributed by atoms with Gasteiger partial charge in [0, 0.05) is 0 Å². The zero-order chi connectivity index (χ0) is 11.8. The van der Waals surface area contributed by atoms with Gasteiger partial charge in [0.25, 0.3) is 0 Å². The predicted octanol–water partition coefficient (Wildman–Crippen LogP) is 1.97. The Hall–Kier alpha value is -1.29. The summed E-state index contributed by atoms with van der Waals surface area (Å²) in [4.78, 5) is 10.5. The van der Waals surface area contributed by atoms with Crippen molar-refractivity contribution >= 4 is 5.97 Å². The molecule has 1 fully saturated rings. The first kappa shape index (κ1) is 12.8. The van der Waals surface area contributed by atoms with Crippen LogP contribution >= 0.6 is 0 Å². The molecule has 0 aromatic rings. The van der Waals surface area contributed by atoms with Crippen LogP contribution in [0.4, 0.5) is 0 Å². The van der Waals surface area contributed by atoms with Crippen molar-refractivity contribution in [2.24, 2.45) is 5.92 Å². The third kappa shape index (κ3) is 4.98. The molecular weight excluding hydrogens is 208 g/mol. The minimum atomic E-state index is -0.837.